The molecule has 1 aromatic rings. The van der Waals surface area contributed by atoms with Crippen LogP contribution in [0.3, 0.4) is 0 Å². The topological polar surface area (TPSA) is 55.0 Å². The van der Waals surface area contributed by atoms with E-state index in [0.717, 1.165) is 31.9 Å². The maximum Gasteiger partial charge on any atom is 0.138 e. The van der Waals surface area contributed by atoms with Crippen molar-refractivity contribution >= 4 is 23.1 Å². The van der Waals surface area contributed by atoms with Gasteiger partial charge in [-0.15, -0.1) is 5.10 Å². The first kappa shape index (κ1) is 11.3. The molecule has 0 spiro atoms. The molecule has 0 radical (unpaired) electrons. The number of nitrogens with two attached hydrogens (primary N) is 1. The molecule has 6 heteroatoms. The Kier molecular flexibility index (Phi) is 3.91. The normalized spacial score (nSPS) is 23.2. The van der Waals surface area contributed by atoms with Crippen LogP contribution in [0.25, 0.3) is 0 Å². The Morgan fingerprint density at radius 2 is 2.47 bits per heavy atom. The smallest absolute Gasteiger partial charge is 0.138 e. The molecule has 84 valence electrons. The van der Waals surface area contributed by atoms with Crippen molar-refractivity contribution in [2.45, 2.75) is 19.4 Å². The van der Waals surface area contributed by atoms with E-state index in [1.165, 1.54) is 24.4 Å². The minimum absolute atomic E-state index is 0.629. The van der Waals surface area contributed by atoms with Gasteiger partial charge in [-0.2, -0.15) is 0 Å². The molecule has 15 heavy (non-hydrogen) atoms. The average Bonchev–Trinajstić information content (AvgIpc) is 2.65. The molecular weight excluding hydrogens is 232 g/mol. The van der Waals surface area contributed by atoms with Crippen molar-refractivity contribution in [1.29, 1.82) is 0 Å². The van der Waals surface area contributed by atoms with E-state index in [1.807, 2.05) is 0 Å². The van der Waals surface area contributed by atoms with Crippen LogP contribution in [0, 0.1) is 5.92 Å². The van der Waals surface area contributed by atoms with Gasteiger partial charge in [0.15, 0.2) is 0 Å². The summed E-state index contributed by atoms with van der Waals surface area (Å²) in [6, 6.07) is 0. The lowest BCUT2D eigenvalue weighted by Crippen LogP contribution is -2.37. The van der Waals surface area contributed by atoms with Crippen molar-refractivity contribution < 1.29 is 0 Å². The zero-order chi connectivity index (χ0) is 10.7. The van der Waals surface area contributed by atoms with Gasteiger partial charge in [-0.25, -0.2) is 0 Å². The zero-order valence-electron chi connectivity index (χ0n) is 8.53. The molecular formula is C9H15ClN4S. The van der Waals surface area contributed by atoms with Gasteiger partial charge in [0.25, 0.3) is 0 Å². The van der Waals surface area contributed by atoms with Gasteiger partial charge >= 0.3 is 0 Å². The van der Waals surface area contributed by atoms with Gasteiger partial charge in [0.1, 0.15) is 10.0 Å². The van der Waals surface area contributed by atoms with Crippen LogP contribution in [0.4, 0.5) is 0 Å². The summed E-state index contributed by atoms with van der Waals surface area (Å²) >= 11 is 7.22. The van der Waals surface area contributed by atoms with E-state index < -0.39 is 0 Å². The molecule has 2 heterocycles. The quantitative estimate of drug-likeness (QED) is 0.875. The van der Waals surface area contributed by atoms with Crippen LogP contribution in [-0.4, -0.2) is 34.1 Å². The van der Waals surface area contributed by atoms with E-state index in [0.29, 0.717) is 10.3 Å². The predicted molar refractivity (Wildman–Crippen MR) is 62.0 cm³/mol. The molecule has 1 aliphatic rings. The molecule has 1 atom stereocenters. The van der Waals surface area contributed by atoms with Crippen LogP contribution in [-0.2, 0) is 6.54 Å². The van der Waals surface area contributed by atoms with Crippen molar-refractivity contribution in [2.75, 3.05) is 19.6 Å². The highest BCUT2D eigenvalue weighted by molar-refractivity contribution is 7.10. The van der Waals surface area contributed by atoms with Gasteiger partial charge in [0.05, 0.1) is 0 Å². The number of piperidine rings is 1. The molecule has 0 saturated carbocycles. The average molecular weight is 247 g/mol. The van der Waals surface area contributed by atoms with Gasteiger partial charge in [-0.3, -0.25) is 4.90 Å². The largest absolute Gasteiger partial charge is 0.330 e. The number of nitrogens with zero attached hydrogens (tertiary/aromatic N) is 3. The molecule has 0 aromatic carbocycles. The predicted octanol–water partition coefficient (Wildman–Crippen LogP) is 1.36. The summed E-state index contributed by atoms with van der Waals surface area (Å²) in [4.78, 5) is 2.36. The van der Waals surface area contributed by atoms with Crippen molar-refractivity contribution in [3.63, 3.8) is 0 Å². The van der Waals surface area contributed by atoms with Crippen molar-refractivity contribution in [3.05, 3.63) is 10.0 Å². The van der Waals surface area contributed by atoms with E-state index in [4.69, 9.17) is 17.3 Å². The van der Waals surface area contributed by atoms with Crippen molar-refractivity contribution in [3.8, 4) is 0 Å². The van der Waals surface area contributed by atoms with Crippen LogP contribution in [0.5, 0.6) is 0 Å². The molecule has 1 unspecified atom stereocenters. The Balaban J connectivity index is 1.92. The molecule has 0 amide bonds. The van der Waals surface area contributed by atoms with Crippen molar-refractivity contribution in [1.82, 2.24) is 14.5 Å². The summed E-state index contributed by atoms with van der Waals surface area (Å²) in [5.74, 6) is 0.629. The van der Waals surface area contributed by atoms with Gasteiger partial charge in [0, 0.05) is 24.6 Å². The Hall–Kier alpha value is -0.230. The molecule has 0 bridgehead atoms. The fourth-order valence-electron chi connectivity index (χ4n) is 1.99. The van der Waals surface area contributed by atoms with Crippen LogP contribution in [0.15, 0.2) is 0 Å². The molecule has 1 fully saturated rings. The first-order valence-corrected chi connectivity index (χ1v) is 6.34. The van der Waals surface area contributed by atoms with E-state index in [9.17, 15) is 0 Å². The molecule has 0 aliphatic carbocycles. The second-order valence-electron chi connectivity index (χ2n) is 3.97. The first-order valence-electron chi connectivity index (χ1n) is 5.18. The summed E-state index contributed by atoms with van der Waals surface area (Å²) in [6.07, 6.45) is 2.47. The highest BCUT2D eigenvalue weighted by Crippen LogP contribution is 2.22. The molecule has 2 rings (SSSR count). The first-order chi connectivity index (χ1) is 7.29. The summed E-state index contributed by atoms with van der Waals surface area (Å²) in [7, 11) is 0. The molecule has 2 N–H and O–H groups in total. The Morgan fingerprint density at radius 3 is 3.13 bits per heavy atom. The Morgan fingerprint density at radius 1 is 1.60 bits per heavy atom. The van der Waals surface area contributed by atoms with E-state index >= 15 is 0 Å². The Labute approximate surface area is 98.6 Å². The third-order valence-electron chi connectivity index (χ3n) is 2.82. The highest BCUT2D eigenvalue weighted by Gasteiger charge is 2.20. The summed E-state index contributed by atoms with van der Waals surface area (Å²) in [5.41, 5.74) is 6.59. The maximum atomic E-state index is 5.97. The SMILES string of the molecule is NCC1CCCN(Cc2nnsc2Cl)C1. The minimum atomic E-state index is 0.629. The lowest BCUT2D eigenvalue weighted by Gasteiger charge is -2.31. The number of aromatic nitrogens is 2. The highest BCUT2D eigenvalue weighted by atomic mass is 35.5. The fraction of sp³-hybridized carbons (Fsp3) is 0.778. The minimum Gasteiger partial charge on any atom is -0.330 e. The van der Waals surface area contributed by atoms with Gasteiger partial charge < -0.3 is 5.73 Å². The third kappa shape index (κ3) is 2.87. The lowest BCUT2D eigenvalue weighted by atomic mass is 9.98. The van der Waals surface area contributed by atoms with Gasteiger partial charge in [-0.1, -0.05) is 16.1 Å². The van der Waals surface area contributed by atoms with Gasteiger partial charge in [-0.05, 0) is 31.8 Å². The van der Waals surface area contributed by atoms with E-state index in [-0.39, 0.29) is 0 Å². The number of rotatable bonds is 3. The monoisotopic (exact) mass is 246 g/mol. The molecule has 1 aliphatic heterocycles. The zero-order valence-corrected chi connectivity index (χ0v) is 10.1. The van der Waals surface area contributed by atoms with Gasteiger partial charge in [0.2, 0.25) is 0 Å². The van der Waals surface area contributed by atoms with Crippen molar-refractivity contribution in [2.24, 2.45) is 11.7 Å². The lowest BCUT2D eigenvalue weighted by molar-refractivity contribution is 0.169. The number of hydrogen-bond donors (Lipinski definition) is 1. The summed E-state index contributed by atoms with van der Waals surface area (Å²) < 4.78 is 4.55. The summed E-state index contributed by atoms with van der Waals surface area (Å²) in [6.45, 7) is 3.76. The fourth-order valence-corrected chi connectivity index (χ4v) is 2.60. The van der Waals surface area contributed by atoms with Crippen LogP contribution in [0.2, 0.25) is 4.34 Å². The second kappa shape index (κ2) is 5.21. The van der Waals surface area contributed by atoms with Crippen LogP contribution in [0.1, 0.15) is 18.5 Å². The van der Waals surface area contributed by atoms with Crippen LogP contribution >= 0.6 is 23.1 Å². The third-order valence-corrected chi connectivity index (χ3v) is 3.80. The molecule has 1 saturated heterocycles. The van der Waals surface area contributed by atoms with E-state index in [1.54, 1.807) is 0 Å². The number of likely N-dealkylation sites (tertiary alicyclic amines) is 1. The number of halogens is 1. The number of hydrogen-bond acceptors (Lipinski definition) is 5. The molecule has 1 aromatic heterocycles. The summed E-state index contributed by atoms with van der Waals surface area (Å²) in [5, 5.41) is 4.02. The Bertz CT molecular complexity index is 317. The van der Waals surface area contributed by atoms with E-state index in [2.05, 4.69) is 14.5 Å². The van der Waals surface area contributed by atoms with Crippen LogP contribution < -0.4 is 5.73 Å². The molecule has 4 nitrogen and oxygen atoms in total. The second-order valence-corrected chi connectivity index (χ2v) is 5.33. The standard InChI is InChI=1S/C9H15ClN4S/c10-9-8(12-13-15-9)6-14-3-1-2-7(4-11)5-14/h7H,1-6,11H2. The maximum absolute atomic E-state index is 5.97.